The second-order valence-corrected chi connectivity index (χ2v) is 5.58. The van der Waals surface area contributed by atoms with E-state index in [1.165, 1.54) is 0 Å². The van der Waals surface area contributed by atoms with Gasteiger partial charge >= 0.3 is 0 Å². The minimum absolute atomic E-state index is 0.569. The second kappa shape index (κ2) is 6.97. The van der Waals surface area contributed by atoms with E-state index in [9.17, 15) is 0 Å². The highest BCUT2D eigenvalue weighted by Gasteiger charge is 2.14. The minimum Gasteiger partial charge on any atom is -0.436 e. The van der Waals surface area contributed by atoms with E-state index in [1.807, 2.05) is 72.8 Å². The van der Waals surface area contributed by atoms with Crippen LogP contribution >= 0.6 is 0 Å². The van der Waals surface area contributed by atoms with E-state index in [2.05, 4.69) is 17.1 Å². The molecule has 2 aromatic carbocycles. The smallest absolute Gasteiger partial charge is 0.228 e. The third kappa shape index (κ3) is 3.40. The standard InChI is InChI=1S/C22H16N2O/c1-3-8-17(9-4-1)13-14-20-21(18-10-5-2-6-11-18)24-22(25-20)19-12-7-15-23-16-19/h1-16H/b14-13+. The minimum atomic E-state index is 0.569. The summed E-state index contributed by atoms with van der Waals surface area (Å²) in [6, 6.07) is 24.0. The Hall–Kier alpha value is -3.46. The van der Waals surface area contributed by atoms with Crippen LogP contribution in [0.1, 0.15) is 11.3 Å². The highest BCUT2D eigenvalue weighted by Crippen LogP contribution is 2.30. The molecule has 2 aromatic heterocycles. The lowest BCUT2D eigenvalue weighted by Crippen LogP contribution is -1.81. The maximum absolute atomic E-state index is 6.04. The van der Waals surface area contributed by atoms with Gasteiger partial charge in [-0.05, 0) is 23.8 Å². The van der Waals surface area contributed by atoms with Crippen molar-refractivity contribution >= 4 is 12.2 Å². The Morgan fingerprint density at radius 2 is 1.44 bits per heavy atom. The van der Waals surface area contributed by atoms with E-state index in [-0.39, 0.29) is 0 Å². The van der Waals surface area contributed by atoms with Crippen LogP contribution in [-0.4, -0.2) is 9.97 Å². The average molecular weight is 324 g/mol. The third-order valence-electron chi connectivity index (χ3n) is 3.84. The Morgan fingerprint density at radius 1 is 0.720 bits per heavy atom. The molecule has 0 aliphatic rings. The molecule has 120 valence electrons. The van der Waals surface area contributed by atoms with Crippen LogP contribution in [0.2, 0.25) is 0 Å². The van der Waals surface area contributed by atoms with Crippen LogP contribution < -0.4 is 0 Å². The summed E-state index contributed by atoms with van der Waals surface area (Å²) in [6.07, 6.45) is 7.48. The largest absolute Gasteiger partial charge is 0.436 e. The van der Waals surface area contributed by atoms with Gasteiger partial charge in [0.05, 0.1) is 5.56 Å². The van der Waals surface area contributed by atoms with Crippen molar-refractivity contribution in [1.82, 2.24) is 9.97 Å². The van der Waals surface area contributed by atoms with Gasteiger partial charge in [-0.25, -0.2) is 4.98 Å². The topological polar surface area (TPSA) is 38.9 Å². The first-order valence-electron chi connectivity index (χ1n) is 8.10. The molecule has 4 aromatic rings. The summed E-state index contributed by atoms with van der Waals surface area (Å²) in [5, 5.41) is 0. The molecule has 3 nitrogen and oxygen atoms in total. The first-order chi connectivity index (χ1) is 12.4. The maximum Gasteiger partial charge on any atom is 0.228 e. The molecule has 0 bridgehead atoms. The molecule has 4 rings (SSSR count). The van der Waals surface area contributed by atoms with Gasteiger partial charge in [0.2, 0.25) is 5.89 Å². The molecule has 0 fully saturated rings. The maximum atomic E-state index is 6.04. The van der Waals surface area contributed by atoms with Gasteiger partial charge in [-0.2, -0.15) is 0 Å². The predicted molar refractivity (Wildman–Crippen MR) is 101 cm³/mol. The fourth-order valence-corrected chi connectivity index (χ4v) is 2.60. The summed E-state index contributed by atoms with van der Waals surface area (Å²) in [5.41, 5.74) is 3.82. The molecule has 3 heteroatoms. The number of benzene rings is 2. The Bertz CT molecular complexity index is 974. The third-order valence-corrected chi connectivity index (χ3v) is 3.84. The highest BCUT2D eigenvalue weighted by molar-refractivity contribution is 5.77. The van der Waals surface area contributed by atoms with Crippen LogP contribution in [0, 0.1) is 0 Å². The molecular formula is C22H16N2O. The van der Waals surface area contributed by atoms with E-state index in [0.29, 0.717) is 5.89 Å². The molecule has 0 spiro atoms. The first kappa shape index (κ1) is 15.1. The quantitative estimate of drug-likeness (QED) is 0.492. The van der Waals surface area contributed by atoms with E-state index in [1.54, 1.807) is 12.4 Å². The van der Waals surface area contributed by atoms with Crippen LogP contribution in [0.25, 0.3) is 34.9 Å². The van der Waals surface area contributed by atoms with Crippen LogP contribution in [0.3, 0.4) is 0 Å². The average Bonchev–Trinajstić information content (AvgIpc) is 3.13. The molecule has 0 atom stereocenters. The molecule has 0 unspecified atom stereocenters. The fourth-order valence-electron chi connectivity index (χ4n) is 2.60. The van der Waals surface area contributed by atoms with Crippen molar-refractivity contribution in [3.05, 3.63) is 96.5 Å². The van der Waals surface area contributed by atoms with Gasteiger partial charge < -0.3 is 4.42 Å². The molecule has 2 heterocycles. The lowest BCUT2D eigenvalue weighted by molar-refractivity contribution is 0.565. The zero-order valence-electron chi connectivity index (χ0n) is 13.5. The van der Waals surface area contributed by atoms with Crippen molar-refractivity contribution in [2.24, 2.45) is 0 Å². The fraction of sp³-hybridized carbons (Fsp3) is 0. The molecule has 0 aliphatic carbocycles. The Morgan fingerprint density at radius 3 is 2.16 bits per heavy atom. The molecular weight excluding hydrogens is 308 g/mol. The number of pyridine rings is 1. The lowest BCUT2D eigenvalue weighted by Gasteiger charge is -1.97. The predicted octanol–water partition coefficient (Wildman–Crippen LogP) is 5.57. The van der Waals surface area contributed by atoms with Crippen molar-refractivity contribution in [3.8, 4) is 22.7 Å². The number of hydrogen-bond donors (Lipinski definition) is 0. The molecule has 0 amide bonds. The van der Waals surface area contributed by atoms with Crippen molar-refractivity contribution in [2.75, 3.05) is 0 Å². The zero-order valence-corrected chi connectivity index (χ0v) is 13.5. The van der Waals surface area contributed by atoms with Gasteiger partial charge in [0.25, 0.3) is 0 Å². The summed E-state index contributed by atoms with van der Waals surface area (Å²) in [5.74, 6) is 1.30. The van der Waals surface area contributed by atoms with Gasteiger partial charge in [-0.3, -0.25) is 4.98 Å². The zero-order chi connectivity index (χ0) is 16.9. The van der Waals surface area contributed by atoms with E-state index in [4.69, 9.17) is 9.40 Å². The van der Waals surface area contributed by atoms with Gasteiger partial charge in [0.15, 0.2) is 5.76 Å². The number of hydrogen-bond acceptors (Lipinski definition) is 3. The molecule has 0 saturated heterocycles. The summed E-state index contributed by atoms with van der Waals surface area (Å²) in [6.45, 7) is 0. The Balaban J connectivity index is 1.78. The SMILES string of the molecule is C(=C\c1oc(-c2cccnc2)nc1-c1ccccc1)/c1ccccc1. The van der Waals surface area contributed by atoms with Crippen molar-refractivity contribution in [1.29, 1.82) is 0 Å². The summed E-state index contributed by atoms with van der Waals surface area (Å²) in [4.78, 5) is 8.85. The van der Waals surface area contributed by atoms with Crippen LogP contribution in [0.15, 0.2) is 89.6 Å². The van der Waals surface area contributed by atoms with Crippen LogP contribution in [0.4, 0.5) is 0 Å². The van der Waals surface area contributed by atoms with Crippen LogP contribution in [-0.2, 0) is 0 Å². The lowest BCUT2D eigenvalue weighted by atomic mass is 10.1. The van der Waals surface area contributed by atoms with Gasteiger partial charge in [0, 0.05) is 18.0 Å². The van der Waals surface area contributed by atoms with Crippen LogP contribution in [0.5, 0.6) is 0 Å². The molecule has 0 saturated carbocycles. The molecule has 0 N–H and O–H groups in total. The van der Waals surface area contributed by atoms with E-state index >= 15 is 0 Å². The van der Waals surface area contributed by atoms with Crippen molar-refractivity contribution in [2.45, 2.75) is 0 Å². The second-order valence-electron chi connectivity index (χ2n) is 5.58. The number of aromatic nitrogens is 2. The summed E-state index contributed by atoms with van der Waals surface area (Å²) >= 11 is 0. The first-order valence-corrected chi connectivity index (χ1v) is 8.10. The molecule has 25 heavy (non-hydrogen) atoms. The highest BCUT2D eigenvalue weighted by atomic mass is 16.4. The normalized spacial score (nSPS) is 11.0. The Labute approximate surface area is 146 Å². The monoisotopic (exact) mass is 324 g/mol. The number of nitrogens with zero attached hydrogens (tertiary/aromatic N) is 2. The van der Waals surface area contributed by atoms with Gasteiger partial charge in [-0.15, -0.1) is 0 Å². The summed E-state index contributed by atoms with van der Waals surface area (Å²) < 4.78 is 6.04. The number of rotatable bonds is 4. The van der Waals surface area contributed by atoms with Crippen molar-refractivity contribution in [3.63, 3.8) is 0 Å². The molecule has 0 radical (unpaired) electrons. The number of oxazole rings is 1. The van der Waals surface area contributed by atoms with Gasteiger partial charge in [-0.1, -0.05) is 66.7 Å². The van der Waals surface area contributed by atoms with E-state index in [0.717, 1.165) is 28.1 Å². The Kier molecular flexibility index (Phi) is 4.21. The van der Waals surface area contributed by atoms with Gasteiger partial charge in [0.1, 0.15) is 5.69 Å². The van der Waals surface area contributed by atoms with Crippen molar-refractivity contribution < 1.29 is 4.42 Å². The summed E-state index contributed by atoms with van der Waals surface area (Å²) in [7, 11) is 0. The van der Waals surface area contributed by atoms with E-state index < -0.39 is 0 Å². The molecule has 0 aliphatic heterocycles.